The summed E-state index contributed by atoms with van der Waals surface area (Å²) >= 11 is 0. The first-order valence-corrected chi connectivity index (χ1v) is 10.3. The molecule has 7 heteroatoms. The van der Waals surface area contributed by atoms with Gasteiger partial charge in [0.15, 0.2) is 11.5 Å². The summed E-state index contributed by atoms with van der Waals surface area (Å²) in [5, 5.41) is 0. The maximum atomic E-state index is 13.4. The van der Waals surface area contributed by atoms with E-state index in [1.54, 1.807) is 7.05 Å². The number of likely N-dealkylation sites (N-methyl/N-ethyl adjacent to an activating group) is 2. The maximum absolute atomic E-state index is 13.4. The number of guanidine groups is 1. The van der Waals surface area contributed by atoms with E-state index in [4.69, 9.17) is 10.5 Å². The second kappa shape index (κ2) is 8.20. The number of amides is 1. The van der Waals surface area contributed by atoms with Crippen molar-refractivity contribution in [3.05, 3.63) is 83.9 Å². The van der Waals surface area contributed by atoms with E-state index in [0.717, 1.165) is 40.2 Å². The average molecular weight is 449 g/mol. The van der Waals surface area contributed by atoms with Crippen LogP contribution < -0.4 is 15.4 Å². The van der Waals surface area contributed by atoms with Crippen LogP contribution in [0.25, 0.3) is 11.1 Å². The fourth-order valence-electron chi connectivity index (χ4n) is 4.32. The minimum Gasteiger partial charge on any atom is -0.490 e. The van der Waals surface area contributed by atoms with Gasteiger partial charge >= 0.3 is 0 Å². The number of nitrogens with two attached hydrogens (primary N) is 1. The number of fused-ring (bicyclic) bond motifs is 1. The molecule has 0 bridgehead atoms. The van der Waals surface area contributed by atoms with Crippen LogP contribution in [0.2, 0.25) is 0 Å². The molecule has 2 aliphatic rings. The Kier molecular flexibility index (Phi) is 5.57. The van der Waals surface area contributed by atoms with Gasteiger partial charge in [0.2, 0.25) is 0 Å². The molecular weight excluding hydrogens is 424 g/mol. The third-order valence-corrected chi connectivity index (χ3v) is 6.10. The van der Waals surface area contributed by atoms with Crippen molar-refractivity contribution in [1.82, 2.24) is 4.90 Å². The Balaban J connectivity index is 0.00000245. The van der Waals surface area contributed by atoms with Gasteiger partial charge in [0.1, 0.15) is 12.4 Å². The summed E-state index contributed by atoms with van der Waals surface area (Å²) in [6.45, 7) is 1.54. The van der Waals surface area contributed by atoms with E-state index in [1.807, 2.05) is 54.6 Å². The van der Waals surface area contributed by atoms with Crippen LogP contribution in [0, 0.1) is 0 Å². The van der Waals surface area contributed by atoms with E-state index >= 15 is 0 Å². The van der Waals surface area contributed by atoms with Crippen LogP contribution >= 0.6 is 12.4 Å². The second-order valence-corrected chi connectivity index (χ2v) is 7.94. The number of halogens is 1. The predicted molar refractivity (Wildman–Crippen MR) is 130 cm³/mol. The summed E-state index contributed by atoms with van der Waals surface area (Å²) in [5.41, 5.74) is 9.56. The third kappa shape index (κ3) is 3.28. The van der Waals surface area contributed by atoms with Gasteiger partial charge in [-0.2, -0.15) is 0 Å². The fraction of sp³-hybridized carbons (Fsp3) is 0.200. The number of aliphatic imine (C=N–C) groups is 1. The summed E-state index contributed by atoms with van der Waals surface area (Å²) in [5.74, 6) is 0.918. The molecule has 164 valence electrons. The zero-order valence-corrected chi connectivity index (χ0v) is 18.8. The molecule has 3 aromatic carbocycles. The summed E-state index contributed by atoms with van der Waals surface area (Å²) in [6.07, 6.45) is 0. The highest BCUT2D eigenvalue weighted by Crippen LogP contribution is 2.41. The molecule has 2 aliphatic heterocycles. The molecule has 5 rings (SSSR count). The molecule has 0 saturated carbocycles. The van der Waals surface area contributed by atoms with Crippen molar-refractivity contribution in [1.29, 1.82) is 0 Å². The lowest BCUT2D eigenvalue weighted by Gasteiger charge is -2.28. The van der Waals surface area contributed by atoms with Crippen LogP contribution in [0.4, 0.5) is 5.69 Å². The summed E-state index contributed by atoms with van der Waals surface area (Å²) in [6, 6.07) is 23.8. The molecule has 0 aliphatic carbocycles. The number of hydrogen-bond acceptors (Lipinski definition) is 5. The first-order valence-electron chi connectivity index (χ1n) is 10.3. The van der Waals surface area contributed by atoms with E-state index in [0.29, 0.717) is 6.61 Å². The van der Waals surface area contributed by atoms with E-state index < -0.39 is 5.54 Å². The Morgan fingerprint density at radius 1 is 0.938 bits per heavy atom. The van der Waals surface area contributed by atoms with Gasteiger partial charge in [-0.15, -0.1) is 12.4 Å². The second-order valence-electron chi connectivity index (χ2n) is 7.94. The molecule has 0 spiro atoms. The van der Waals surface area contributed by atoms with Crippen LogP contribution in [0.5, 0.6) is 5.75 Å². The number of ether oxygens (including phenoxy) is 1. The molecule has 3 aromatic rings. The SMILES string of the molecule is CN1C(=O)C(c2ccccc2)(c2cccc(-c3ccc4c(c3)OCCN4C)c2)N=C1N.Cl. The van der Waals surface area contributed by atoms with Crippen molar-refractivity contribution in [2.75, 3.05) is 32.1 Å². The number of rotatable bonds is 3. The lowest BCUT2D eigenvalue weighted by molar-refractivity contribution is -0.129. The van der Waals surface area contributed by atoms with Crippen LogP contribution in [0.3, 0.4) is 0 Å². The average Bonchev–Trinajstić information content (AvgIpc) is 3.04. The summed E-state index contributed by atoms with van der Waals surface area (Å²) in [4.78, 5) is 21.7. The Morgan fingerprint density at radius 2 is 1.66 bits per heavy atom. The molecule has 0 saturated heterocycles. The molecule has 1 unspecified atom stereocenters. The summed E-state index contributed by atoms with van der Waals surface area (Å²) in [7, 11) is 3.73. The molecule has 6 nitrogen and oxygen atoms in total. The number of hydrogen-bond donors (Lipinski definition) is 1. The first-order chi connectivity index (χ1) is 15.0. The summed E-state index contributed by atoms with van der Waals surface area (Å²) < 4.78 is 5.88. The van der Waals surface area contributed by atoms with Gasteiger partial charge in [0, 0.05) is 14.1 Å². The van der Waals surface area contributed by atoms with Crippen molar-refractivity contribution < 1.29 is 9.53 Å². The first kappa shape index (κ1) is 21.7. The fourth-order valence-corrected chi connectivity index (χ4v) is 4.32. The molecule has 0 aromatic heterocycles. The highest BCUT2D eigenvalue weighted by Gasteiger charge is 2.49. The Labute approximate surface area is 193 Å². The Bertz CT molecular complexity index is 1200. The minimum atomic E-state index is -1.19. The zero-order valence-electron chi connectivity index (χ0n) is 18.0. The van der Waals surface area contributed by atoms with Crippen LogP contribution in [-0.4, -0.2) is 44.0 Å². The monoisotopic (exact) mass is 448 g/mol. The van der Waals surface area contributed by atoms with Crippen molar-refractivity contribution in [3.8, 4) is 16.9 Å². The topological polar surface area (TPSA) is 71.2 Å². The van der Waals surface area contributed by atoms with E-state index in [1.165, 1.54) is 4.90 Å². The molecule has 1 amide bonds. The number of carbonyl (C=O) groups is 1. The van der Waals surface area contributed by atoms with Crippen LogP contribution in [-0.2, 0) is 10.3 Å². The number of carbonyl (C=O) groups excluding carboxylic acids is 1. The molecule has 2 N–H and O–H groups in total. The van der Waals surface area contributed by atoms with Crippen LogP contribution in [0.15, 0.2) is 77.8 Å². The molecular formula is C25H25ClN4O2. The predicted octanol–water partition coefficient (Wildman–Crippen LogP) is 3.63. The van der Waals surface area contributed by atoms with Gasteiger partial charge in [-0.1, -0.05) is 54.6 Å². The number of nitrogens with zero attached hydrogens (tertiary/aromatic N) is 3. The van der Waals surface area contributed by atoms with Gasteiger partial charge < -0.3 is 15.4 Å². The van der Waals surface area contributed by atoms with Crippen molar-refractivity contribution >= 4 is 30.0 Å². The van der Waals surface area contributed by atoms with Crippen molar-refractivity contribution in [2.45, 2.75) is 5.54 Å². The van der Waals surface area contributed by atoms with E-state index in [9.17, 15) is 4.79 Å². The Morgan fingerprint density at radius 3 is 2.38 bits per heavy atom. The highest BCUT2D eigenvalue weighted by atomic mass is 35.5. The lowest BCUT2D eigenvalue weighted by atomic mass is 9.81. The molecule has 32 heavy (non-hydrogen) atoms. The molecule has 0 radical (unpaired) electrons. The van der Waals surface area contributed by atoms with Gasteiger partial charge in [0.05, 0.1) is 12.2 Å². The zero-order chi connectivity index (χ0) is 21.6. The molecule has 0 fully saturated rings. The highest BCUT2D eigenvalue weighted by molar-refractivity contribution is 6.09. The van der Waals surface area contributed by atoms with Crippen molar-refractivity contribution in [2.24, 2.45) is 10.7 Å². The normalized spacial score (nSPS) is 19.7. The maximum Gasteiger partial charge on any atom is 0.266 e. The van der Waals surface area contributed by atoms with Gasteiger partial charge in [-0.25, -0.2) is 4.99 Å². The van der Waals surface area contributed by atoms with Gasteiger partial charge in [-0.05, 0) is 40.5 Å². The largest absolute Gasteiger partial charge is 0.490 e. The minimum absolute atomic E-state index is 0. The molecule has 1 atom stereocenters. The van der Waals surface area contributed by atoms with Crippen molar-refractivity contribution in [3.63, 3.8) is 0 Å². The Hall–Kier alpha value is -3.51. The van der Waals surface area contributed by atoms with Crippen LogP contribution in [0.1, 0.15) is 11.1 Å². The standard InChI is InChI=1S/C25H24N4O2.ClH/c1-28-13-14-31-22-16-18(11-12-21(22)28)17-7-6-10-20(15-17)25(19-8-4-3-5-9-19)23(30)29(2)24(26)27-25;/h3-12,15-16H,13-14H2,1-2H3,(H2,26,27);1H. The quantitative estimate of drug-likeness (QED) is 0.664. The van der Waals surface area contributed by atoms with Gasteiger partial charge in [0.25, 0.3) is 5.91 Å². The molecule has 2 heterocycles. The van der Waals surface area contributed by atoms with E-state index in [2.05, 4.69) is 35.1 Å². The third-order valence-electron chi connectivity index (χ3n) is 6.10. The number of benzene rings is 3. The number of anilines is 1. The van der Waals surface area contributed by atoms with E-state index in [-0.39, 0.29) is 24.3 Å². The van der Waals surface area contributed by atoms with Gasteiger partial charge in [-0.3, -0.25) is 9.69 Å². The smallest absolute Gasteiger partial charge is 0.266 e. The lowest BCUT2D eigenvalue weighted by Crippen LogP contribution is -2.41.